The van der Waals surface area contributed by atoms with Gasteiger partial charge in [0.25, 0.3) is 0 Å². The molecule has 1 rings (SSSR count). The van der Waals surface area contributed by atoms with Gasteiger partial charge in [-0.05, 0) is 18.7 Å². The van der Waals surface area contributed by atoms with E-state index in [2.05, 4.69) is 10.3 Å². The summed E-state index contributed by atoms with van der Waals surface area (Å²) in [4.78, 5) is 3.48. The number of halogens is 1. The Morgan fingerprint density at radius 3 is 2.83 bits per heavy atom. The summed E-state index contributed by atoms with van der Waals surface area (Å²) in [5, 5.41) is 11.7. The van der Waals surface area contributed by atoms with Crippen molar-refractivity contribution >= 4 is 0 Å². The molecule has 0 spiro atoms. The summed E-state index contributed by atoms with van der Waals surface area (Å²) in [6, 6.07) is 2.70. The molecule has 1 aromatic rings. The number of hydrogen-bond acceptors (Lipinski definition) is 3. The Morgan fingerprint density at radius 2 is 2.42 bits per heavy atom. The van der Waals surface area contributed by atoms with Gasteiger partial charge in [0, 0.05) is 6.20 Å². The molecule has 0 amide bonds. The number of hydrogen-bond donors (Lipinski definition) is 2. The second kappa shape index (κ2) is 4.13. The van der Waals surface area contributed by atoms with Crippen molar-refractivity contribution in [2.24, 2.45) is 0 Å². The largest absolute Gasteiger partial charge is 0.394 e. The molecule has 0 unspecified atom stereocenters. The lowest BCUT2D eigenvalue weighted by Gasteiger charge is -2.11. The second-order valence-corrected chi connectivity index (χ2v) is 2.44. The number of likely N-dealkylation sites (N-methyl/N-ethyl adjacent to an activating group) is 1. The zero-order valence-corrected chi connectivity index (χ0v) is 6.79. The smallest absolute Gasteiger partial charge is 0.212 e. The van der Waals surface area contributed by atoms with Crippen LogP contribution in [0, 0.1) is 5.95 Å². The SMILES string of the molecule is CN[C@H](CO)c1ccc(F)nc1. The van der Waals surface area contributed by atoms with Gasteiger partial charge >= 0.3 is 0 Å². The standard InChI is InChI=1S/C8H11FN2O/c1-10-7(5-12)6-2-3-8(9)11-4-6/h2-4,7,10,12H,5H2,1H3/t7-/m1/s1. The Bertz CT molecular complexity index is 233. The van der Waals surface area contributed by atoms with E-state index in [4.69, 9.17) is 5.11 Å². The number of aromatic nitrogens is 1. The van der Waals surface area contributed by atoms with E-state index in [1.165, 1.54) is 12.3 Å². The van der Waals surface area contributed by atoms with E-state index in [1.807, 2.05) is 0 Å². The van der Waals surface area contributed by atoms with Gasteiger partial charge in [-0.3, -0.25) is 0 Å². The van der Waals surface area contributed by atoms with E-state index >= 15 is 0 Å². The highest BCUT2D eigenvalue weighted by Crippen LogP contribution is 2.09. The lowest BCUT2D eigenvalue weighted by atomic mass is 10.1. The Labute approximate surface area is 70.3 Å². The summed E-state index contributed by atoms with van der Waals surface area (Å²) in [6.45, 7) is -0.0240. The molecule has 0 aliphatic rings. The third-order valence-electron chi connectivity index (χ3n) is 1.68. The molecule has 0 radical (unpaired) electrons. The first-order valence-corrected chi connectivity index (χ1v) is 3.67. The van der Waals surface area contributed by atoms with Gasteiger partial charge in [-0.2, -0.15) is 4.39 Å². The molecular formula is C8H11FN2O. The predicted octanol–water partition coefficient (Wildman–Crippen LogP) is 0.474. The van der Waals surface area contributed by atoms with Crippen LogP contribution in [0.3, 0.4) is 0 Å². The van der Waals surface area contributed by atoms with Crippen LogP contribution in [0.2, 0.25) is 0 Å². The van der Waals surface area contributed by atoms with E-state index in [9.17, 15) is 4.39 Å². The van der Waals surface area contributed by atoms with Gasteiger partial charge in [0.2, 0.25) is 5.95 Å². The van der Waals surface area contributed by atoms with Gasteiger partial charge in [0.15, 0.2) is 0 Å². The van der Waals surface area contributed by atoms with Gasteiger partial charge in [0.1, 0.15) is 0 Å². The molecular weight excluding hydrogens is 159 g/mol. The Morgan fingerprint density at radius 1 is 1.67 bits per heavy atom. The average molecular weight is 170 g/mol. The fourth-order valence-corrected chi connectivity index (χ4v) is 0.957. The number of aliphatic hydroxyl groups is 1. The van der Waals surface area contributed by atoms with Crippen molar-refractivity contribution in [3.63, 3.8) is 0 Å². The molecule has 1 aromatic heterocycles. The van der Waals surface area contributed by atoms with Crippen LogP contribution < -0.4 is 5.32 Å². The van der Waals surface area contributed by atoms with Gasteiger partial charge in [-0.25, -0.2) is 4.98 Å². The molecule has 0 fully saturated rings. The highest BCUT2D eigenvalue weighted by Gasteiger charge is 2.06. The maximum absolute atomic E-state index is 12.4. The molecule has 0 saturated heterocycles. The van der Waals surface area contributed by atoms with Crippen molar-refractivity contribution in [1.82, 2.24) is 10.3 Å². The quantitative estimate of drug-likeness (QED) is 0.648. The molecule has 0 saturated carbocycles. The summed E-state index contributed by atoms with van der Waals surface area (Å²) < 4.78 is 12.4. The van der Waals surface area contributed by atoms with E-state index < -0.39 is 5.95 Å². The van der Waals surface area contributed by atoms with Crippen molar-refractivity contribution in [1.29, 1.82) is 0 Å². The van der Waals surface area contributed by atoms with Gasteiger partial charge in [-0.1, -0.05) is 6.07 Å². The van der Waals surface area contributed by atoms with Crippen LogP contribution in [-0.2, 0) is 0 Å². The molecule has 4 heteroatoms. The van der Waals surface area contributed by atoms with Crippen molar-refractivity contribution in [2.45, 2.75) is 6.04 Å². The van der Waals surface area contributed by atoms with Gasteiger partial charge in [0.05, 0.1) is 12.6 Å². The van der Waals surface area contributed by atoms with Gasteiger partial charge < -0.3 is 10.4 Å². The minimum Gasteiger partial charge on any atom is -0.394 e. The summed E-state index contributed by atoms with van der Waals surface area (Å²) in [5.41, 5.74) is 0.779. The van der Waals surface area contributed by atoms with Crippen LogP contribution in [0.5, 0.6) is 0 Å². The Hall–Kier alpha value is -1.00. The molecule has 1 heterocycles. The Kier molecular flexibility index (Phi) is 3.13. The molecule has 0 aliphatic carbocycles. The molecule has 0 aliphatic heterocycles. The molecule has 2 N–H and O–H groups in total. The number of pyridine rings is 1. The zero-order valence-electron chi connectivity index (χ0n) is 6.79. The Balaban J connectivity index is 2.80. The van der Waals surface area contributed by atoms with Gasteiger partial charge in [-0.15, -0.1) is 0 Å². The minimum absolute atomic E-state index is 0.0240. The van der Waals surface area contributed by atoms with E-state index in [1.54, 1.807) is 13.1 Å². The molecule has 12 heavy (non-hydrogen) atoms. The van der Waals surface area contributed by atoms with E-state index in [0.29, 0.717) is 0 Å². The number of nitrogens with zero attached hydrogens (tertiary/aromatic N) is 1. The van der Waals surface area contributed by atoms with Crippen LogP contribution in [0.4, 0.5) is 4.39 Å². The molecule has 66 valence electrons. The van der Waals surface area contributed by atoms with Crippen molar-refractivity contribution in [3.8, 4) is 0 Å². The van der Waals surface area contributed by atoms with Crippen LogP contribution in [-0.4, -0.2) is 23.7 Å². The third kappa shape index (κ3) is 1.99. The van der Waals surface area contributed by atoms with Crippen molar-refractivity contribution in [2.75, 3.05) is 13.7 Å². The van der Waals surface area contributed by atoms with Crippen molar-refractivity contribution < 1.29 is 9.50 Å². The first kappa shape index (κ1) is 9.09. The maximum Gasteiger partial charge on any atom is 0.212 e. The second-order valence-electron chi connectivity index (χ2n) is 2.44. The zero-order chi connectivity index (χ0) is 8.97. The number of aliphatic hydroxyl groups excluding tert-OH is 1. The number of nitrogens with one attached hydrogen (secondary N) is 1. The van der Waals surface area contributed by atoms with Crippen LogP contribution in [0.25, 0.3) is 0 Å². The minimum atomic E-state index is -0.508. The molecule has 0 aromatic carbocycles. The molecule has 0 bridgehead atoms. The van der Waals surface area contributed by atoms with Crippen LogP contribution >= 0.6 is 0 Å². The van der Waals surface area contributed by atoms with Crippen molar-refractivity contribution in [3.05, 3.63) is 29.8 Å². The normalized spacial score (nSPS) is 12.9. The fraction of sp³-hybridized carbons (Fsp3) is 0.375. The first-order valence-electron chi connectivity index (χ1n) is 3.67. The average Bonchev–Trinajstić information content (AvgIpc) is 2.10. The predicted molar refractivity (Wildman–Crippen MR) is 43.1 cm³/mol. The highest BCUT2D eigenvalue weighted by molar-refractivity contribution is 5.14. The highest BCUT2D eigenvalue weighted by atomic mass is 19.1. The molecule has 1 atom stereocenters. The third-order valence-corrected chi connectivity index (χ3v) is 1.68. The lowest BCUT2D eigenvalue weighted by Crippen LogP contribution is -2.20. The first-order chi connectivity index (χ1) is 5.77. The van der Waals surface area contributed by atoms with E-state index in [0.717, 1.165) is 5.56 Å². The summed E-state index contributed by atoms with van der Waals surface area (Å²) in [7, 11) is 1.73. The number of rotatable bonds is 3. The fourth-order valence-electron chi connectivity index (χ4n) is 0.957. The maximum atomic E-state index is 12.4. The van der Waals surface area contributed by atoms with E-state index in [-0.39, 0.29) is 12.6 Å². The van der Waals surface area contributed by atoms with Crippen LogP contribution in [0.15, 0.2) is 18.3 Å². The summed E-state index contributed by atoms with van der Waals surface area (Å²) in [5.74, 6) is -0.508. The lowest BCUT2D eigenvalue weighted by molar-refractivity contribution is 0.250. The summed E-state index contributed by atoms with van der Waals surface area (Å²) >= 11 is 0. The van der Waals surface area contributed by atoms with Crippen LogP contribution in [0.1, 0.15) is 11.6 Å². The summed E-state index contributed by atoms with van der Waals surface area (Å²) in [6.07, 6.45) is 1.41. The molecule has 3 nitrogen and oxygen atoms in total. The monoisotopic (exact) mass is 170 g/mol. The topological polar surface area (TPSA) is 45.1 Å².